The Morgan fingerprint density at radius 1 is 0.771 bits per heavy atom. The summed E-state index contributed by atoms with van der Waals surface area (Å²) in [5.41, 5.74) is 5.48. The van der Waals surface area contributed by atoms with Crippen molar-refractivity contribution >= 4 is 17.2 Å². The van der Waals surface area contributed by atoms with Crippen molar-refractivity contribution in [2.75, 3.05) is 85.5 Å². The van der Waals surface area contributed by atoms with Gasteiger partial charge in [-0.2, -0.15) is 0 Å². The summed E-state index contributed by atoms with van der Waals surface area (Å²) in [6, 6.07) is 6.18. The molecule has 0 radical (unpaired) electrons. The Morgan fingerprint density at radius 3 is 2.11 bits per heavy atom. The van der Waals surface area contributed by atoms with E-state index in [0.717, 1.165) is 76.4 Å². The third-order valence-electron chi connectivity index (χ3n) is 8.56. The van der Waals surface area contributed by atoms with Crippen LogP contribution in [0.4, 0.5) is 11.4 Å². The van der Waals surface area contributed by atoms with Crippen LogP contribution >= 0.6 is 0 Å². The van der Waals surface area contributed by atoms with Crippen molar-refractivity contribution in [1.29, 1.82) is 0 Å². The van der Waals surface area contributed by atoms with Crippen LogP contribution in [0.15, 0.2) is 18.2 Å². The van der Waals surface area contributed by atoms with Crippen molar-refractivity contribution in [3.05, 3.63) is 29.3 Å². The molecule has 4 heterocycles. The van der Waals surface area contributed by atoms with Crippen LogP contribution in [0.2, 0.25) is 0 Å². The number of hydrogen-bond acceptors (Lipinski definition) is 6. The highest BCUT2D eigenvalue weighted by atomic mass is 16.5. The average Bonchev–Trinajstić information content (AvgIpc) is 3.20. The fourth-order valence-corrected chi connectivity index (χ4v) is 6.81. The lowest BCUT2D eigenvalue weighted by molar-refractivity contribution is 0.0242. The predicted molar refractivity (Wildman–Crippen MR) is 132 cm³/mol. The lowest BCUT2D eigenvalue weighted by atomic mass is 9.96. The Kier molecular flexibility index (Phi) is 4.90. The number of morpholine rings is 2. The van der Waals surface area contributed by atoms with E-state index in [1.807, 2.05) is 19.1 Å². The molecular formula is C27H32N2O6+2. The van der Waals surface area contributed by atoms with Crippen LogP contribution < -0.4 is 23.2 Å². The summed E-state index contributed by atoms with van der Waals surface area (Å²) in [5.74, 6) is 2.09. The predicted octanol–water partition coefficient (Wildman–Crippen LogP) is 2.76. The van der Waals surface area contributed by atoms with E-state index in [2.05, 4.69) is 6.07 Å². The van der Waals surface area contributed by atoms with E-state index in [1.165, 1.54) is 5.69 Å². The summed E-state index contributed by atoms with van der Waals surface area (Å²) in [6.45, 7) is 11.5. The minimum absolute atomic E-state index is 0.00612. The van der Waals surface area contributed by atoms with Crippen LogP contribution in [0.25, 0.3) is 11.1 Å². The number of hydrogen-bond donors (Lipinski definition) is 0. The standard InChI is InChI=1S/C27H32N2O6/c1-2-33-25-21-20-18-4-3-5-19(20)28(6-12-31-13-7-28)10-16-34-26(22(21)24(18)30)27-23(25)29(11-17-35-27)8-14-32-15-9-29/h3-5H,2,6-17H2,1H3/q+2. The van der Waals surface area contributed by atoms with Gasteiger partial charge in [0.15, 0.2) is 17.3 Å². The summed E-state index contributed by atoms with van der Waals surface area (Å²) in [4.78, 5) is 14.0. The first kappa shape index (κ1) is 21.6. The van der Waals surface area contributed by atoms with E-state index in [1.54, 1.807) is 0 Å². The Balaban J connectivity index is 1.58. The van der Waals surface area contributed by atoms with Crippen molar-refractivity contribution in [1.82, 2.24) is 8.97 Å². The zero-order valence-corrected chi connectivity index (χ0v) is 20.3. The molecule has 2 spiro atoms. The van der Waals surface area contributed by atoms with Gasteiger partial charge in [-0.3, -0.25) is 13.8 Å². The smallest absolute Gasteiger partial charge is 0.228 e. The lowest BCUT2D eigenvalue weighted by Crippen LogP contribution is -2.60. The van der Waals surface area contributed by atoms with Gasteiger partial charge in [0.05, 0.1) is 49.7 Å². The van der Waals surface area contributed by atoms with Gasteiger partial charge in [-0.1, -0.05) is 6.07 Å². The first-order valence-corrected chi connectivity index (χ1v) is 12.9. The summed E-state index contributed by atoms with van der Waals surface area (Å²) in [7, 11) is 0. The molecule has 0 unspecified atom stereocenters. The zero-order valence-electron chi connectivity index (χ0n) is 20.3. The first-order valence-electron chi connectivity index (χ1n) is 12.9. The zero-order chi connectivity index (χ0) is 23.6. The molecule has 4 bridgehead atoms. The van der Waals surface area contributed by atoms with Crippen LogP contribution in [0.3, 0.4) is 0 Å². The second-order valence-electron chi connectivity index (χ2n) is 10.1. The second kappa shape index (κ2) is 7.93. The molecule has 4 aliphatic heterocycles. The molecule has 5 aliphatic rings. The quantitative estimate of drug-likeness (QED) is 0.526. The molecule has 0 aromatic heterocycles. The van der Waals surface area contributed by atoms with Crippen LogP contribution in [-0.4, -0.2) is 91.3 Å². The van der Waals surface area contributed by atoms with E-state index in [9.17, 15) is 4.79 Å². The lowest BCUT2D eigenvalue weighted by Gasteiger charge is -2.44. The molecule has 2 saturated heterocycles. The molecule has 2 aromatic carbocycles. The number of benzene rings is 2. The molecule has 184 valence electrons. The van der Waals surface area contributed by atoms with Gasteiger partial charge < -0.3 is 23.7 Å². The molecule has 35 heavy (non-hydrogen) atoms. The Hall–Kier alpha value is -2.65. The minimum Gasteiger partial charge on any atom is -0.487 e. The van der Waals surface area contributed by atoms with Crippen molar-refractivity contribution in [3.8, 4) is 28.4 Å². The van der Waals surface area contributed by atoms with Crippen molar-refractivity contribution < 1.29 is 28.5 Å². The van der Waals surface area contributed by atoms with E-state index in [-0.39, 0.29) is 5.78 Å². The van der Waals surface area contributed by atoms with Gasteiger partial charge >= 0.3 is 0 Å². The number of fused-ring (bicyclic) bond motifs is 4. The second-order valence-corrected chi connectivity index (χ2v) is 10.1. The third-order valence-corrected chi connectivity index (χ3v) is 8.56. The SMILES string of the molecule is CCOc1c2c3c(c4c1[N+]1(CCOCC1)CCO4)OCC[N+]1(CCOCC1)c1cccc(c1-2)C3=O. The third kappa shape index (κ3) is 2.91. The maximum absolute atomic E-state index is 14.0. The molecule has 8 nitrogen and oxygen atoms in total. The molecule has 0 amide bonds. The largest absolute Gasteiger partial charge is 0.487 e. The number of quaternary nitrogens is 2. The number of nitrogens with zero attached hydrogens (tertiary/aromatic N) is 2. The van der Waals surface area contributed by atoms with Gasteiger partial charge in [-0.25, -0.2) is 0 Å². The van der Waals surface area contributed by atoms with Crippen LogP contribution in [0.1, 0.15) is 22.8 Å². The normalized spacial score (nSPS) is 23.1. The summed E-state index contributed by atoms with van der Waals surface area (Å²) < 4.78 is 32.4. The maximum atomic E-state index is 14.0. The fraction of sp³-hybridized carbons (Fsp3) is 0.519. The molecule has 2 fully saturated rings. The van der Waals surface area contributed by atoms with Crippen molar-refractivity contribution in [3.63, 3.8) is 0 Å². The van der Waals surface area contributed by atoms with E-state index in [4.69, 9.17) is 23.7 Å². The monoisotopic (exact) mass is 480 g/mol. The van der Waals surface area contributed by atoms with Gasteiger partial charge in [0.25, 0.3) is 0 Å². The summed E-state index contributed by atoms with van der Waals surface area (Å²) in [6.07, 6.45) is 0. The van der Waals surface area contributed by atoms with Crippen LogP contribution in [0.5, 0.6) is 17.2 Å². The molecule has 2 aromatic rings. The summed E-state index contributed by atoms with van der Waals surface area (Å²) in [5, 5.41) is 0. The van der Waals surface area contributed by atoms with Crippen molar-refractivity contribution in [2.24, 2.45) is 0 Å². The number of carbonyl (C=O) groups excluding carboxylic acids is 1. The van der Waals surface area contributed by atoms with Gasteiger partial charge in [0.2, 0.25) is 11.4 Å². The minimum atomic E-state index is 0.00612. The number of ether oxygens (including phenoxy) is 5. The molecule has 7 rings (SSSR count). The molecule has 1 aliphatic carbocycles. The topological polar surface area (TPSA) is 63.2 Å². The first-order chi connectivity index (χ1) is 17.2. The maximum Gasteiger partial charge on any atom is 0.228 e. The van der Waals surface area contributed by atoms with E-state index in [0.29, 0.717) is 63.3 Å². The van der Waals surface area contributed by atoms with Crippen LogP contribution in [-0.2, 0) is 9.47 Å². The molecule has 8 heteroatoms. The summed E-state index contributed by atoms with van der Waals surface area (Å²) >= 11 is 0. The number of rotatable bonds is 2. The number of carbonyl (C=O) groups is 1. The van der Waals surface area contributed by atoms with E-state index >= 15 is 0 Å². The van der Waals surface area contributed by atoms with Gasteiger partial charge in [0.1, 0.15) is 58.2 Å². The van der Waals surface area contributed by atoms with E-state index < -0.39 is 0 Å². The Morgan fingerprint density at radius 2 is 1.40 bits per heavy atom. The van der Waals surface area contributed by atoms with Gasteiger partial charge in [-0.05, 0) is 19.1 Å². The Bertz CT molecular complexity index is 1210. The number of ketones is 1. The van der Waals surface area contributed by atoms with Gasteiger partial charge in [-0.15, -0.1) is 0 Å². The molecular weight excluding hydrogens is 448 g/mol. The highest BCUT2D eigenvalue weighted by Gasteiger charge is 2.51. The van der Waals surface area contributed by atoms with Crippen molar-refractivity contribution in [2.45, 2.75) is 6.92 Å². The van der Waals surface area contributed by atoms with Gasteiger partial charge in [0, 0.05) is 5.56 Å². The molecule has 0 N–H and O–H groups in total. The average molecular weight is 481 g/mol. The molecule has 0 atom stereocenters. The highest BCUT2D eigenvalue weighted by molar-refractivity contribution is 6.27. The Labute approximate surface area is 205 Å². The highest BCUT2D eigenvalue weighted by Crippen LogP contribution is 2.62. The fourth-order valence-electron chi connectivity index (χ4n) is 6.81. The molecule has 0 saturated carbocycles. The van der Waals surface area contributed by atoms with Crippen LogP contribution in [0, 0.1) is 0 Å².